The van der Waals surface area contributed by atoms with Crippen LogP contribution in [0.5, 0.6) is 11.5 Å². The number of nitrogens with one attached hydrogen (secondary N) is 1. The van der Waals surface area contributed by atoms with Gasteiger partial charge in [0.05, 0.1) is 0 Å². The third-order valence-corrected chi connectivity index (χ3v) is 3.34. The molecule has 0 saturated carbocycles. The first kappa shape index (κ1) is 14.8. The van der Waals surface area contributed by atoms with E-state index in [4.69, 9.17) is 16.3 Å². The lowest BCUT2D eigenvalue weighted by atomic mass is 10.2. The number of halogens is 2. The minimum atomic E-state index is -0.240. The highest BCUT2D eigenvalue weighted by Gasteiger charge is 2.09. The second-order valence-electron chi connectivity index (χ2n) is 4.51. The predicted molar refractivity (Wildman–Crippen MR) is 80.0 cm³/mol. The van der Waals surface area contributed by atoms with Crippen LogP contribution in [-0.2, 0) is 6.54 Å². The second-order valence-corrected chi connectivity index (χ2v) is 4.92. The quantitative estimate of drug-likeness (QED) is 0.863. The van der Waals surface area contributed by atoms with Crippen molar-refractivity contribution >= 4 is 11.6 Å². The topological polar surface area (TPSA) is 21.3 Å². The van der Waals surface area contributed by atoms with E-state index >= 15 is 0 Å². The fourth-order valence-electron chi connectivity index (χ4n) is 1.86. The summed E-state index contributed by atoms with van der Waals surface area (Å²) in [4.78, 5) is 0. The van der Waals surface area contributed by atoms with Crippen molar-refractivity contribution in [3.63, 3.8) is 0 Å². The minimum absolute atomic E-state index is 0.240. The summed E-state index contributed by atoms with van der Waals surface area (Å²) in [5.41, 5.74) is 1.45. The number of ether oxygens (including phenoxy) is 1. The Morgan fingerprint density at radius 3 is 2.75 bits per heavy atom. The predicted octanol–water partition coefficient (Wildman–Crippen LogP) is 4.69. The molecule has 0 heterocycles. The van der Waals surface area contributed by atoms with Crippen LogP contribution in [0.15, 0.2) is 36.4 Å². The molecular weight excluding hydrogens is 277 g/mol. The Kier molecular flexibility index (Phi) is 4.99. The molecule has 0 aliphatic carbocycles. The first-order chi connectivity index (χ1) is 9.61. The lowest BCUT2D eigenvalue weighted by molar-refractivity contribution is 0.470. The van der Waals surface area contributed by atoms with E-state index in [0.29, 0.717) is 28.6 Å². The zero-order valence-corrected chi connectivity index (χ0v) is 12.3. The second kappa shape index (κ2) is 6.73. The maximum atomic E-state index is 13.3. The van der Waals surface area contributed by atoms with E-state index in [2.05, 4.69) is 5.32 Å². The molecule has 0 amide bonds. The number of hydrogen-bond donors (Lipinski definition) is 1. The molecule has 0 atom stereocenters. The molecule has 2 aromatic carbocycles. The average molecular weight is 294 g/mol. The van der Waals surface area contributed by atoms with E-state index in [0.717, 1.165) is 12.1 Å². The van der Waals surface area contributed by atoms with Gasteiger partial charge in [0.1, 0.15) is 17.3 Å². The smallest absolute Gasteiger partial charge is 0.133 e. The number of hydrogen-bond acceptors (Lipinski definition) is 2. The molecule has 2 aromatic rings. The summed E-state index contributed by atoms with van der Waals surface area (Å²) in [6.07, 6.45) is 0. The van der Waals surface area contributed by atoms with Crippen LogP contribution in [-0.4, -0.2) is 6.54 Å². The Morgan fingerprint density at radius 2 is 2.05 bits per heavy atom. The zero-order chi connectivity index (χ0) is 14.5. The van der Waals surface area contributed by atoms with Crippen LogP contribution in [0.4, 0.5) is 4.39 Å². The molecule has 0 aliphatic rings. The molecule has 0 unspecified atom stereocenters. The molecule has 2 nitrogen and oxygen atoms in total. The Morgan fingerprint density at radius 1 is 1.25 bits per heavy atom. The third-order valence-electron chi connectivity index (χ3n) is 2.98. The molecule has 106 valence electrons. The van der Waals surface area contributed by atoms with Crippen LogP contribution in [0, 0.1) is 12.7 Å². The van der Waals surface area contributed by atoms with Gasteiger partial charge in [0.25, 0.3) is 0 Å². The summed E-state index contributed by atoms with van der Waals surface area (Å²) < 4.78 is 19.1. The van der Waals surface area contributed by atoms with Crippen LogP contribution >= 0.6 is 11.6 Å². The fraction of sp³-hybridized carbons (Fsp3) is 0.250. The molecule has 20 heavy (non-hydrogen) atoms. The fourth-order valence-corrected chi connectivity index (χ4v) is 2.10. The average Bonchev–Trinajstić information content (AvgIpc) is 2.42. The van der Waals surface area contributed by atoms with Crippen LogP contribution in [0.2, 0.25) is 5.02 Å². The highest BCUT2D eigenvalue weighted by molar-refractivity contribution is 6.31. The zero-order valence-electron chi connectivity index (χ0n) is 11.5. The maximum absolute atomic E-state index is 13.3. The molecule has 0 saturated heterocycles. The van der Waals surface area contributed by atoms with Gasteiger partial charge in [0, 0.05) is 17.1 Å². The van der Waals surface area contributed by atoms with Gasteiger partial charge in [-0.1, -0.05) is 24.6 Å². The number of benzene rings is 2. The first-order valence-corrected chi connectivity index (χ1v) is 6.91. The summed E-state index contributed by atoms with van der Waals surface area (Å²) in [7, 11) is 0. The highest BCUT2D eigenvalue weighted by Crippen LogP contribution is 2.31. The van der Waals surface area contributed by atoms with Gasteiger partial charge in [-0.15, -0.1) is 0 Å². The van der Waals surface area contributed by atoms with Crippen molar-refractivity contribution in [3.8, 4) is 11.5 Å². The van der Waals surface area contributed by atoms with Gasteiger partial charge in [0.15, 0.2) is 0 Å². The minimum Gasteiger partial charge on any atom is -0.457 e. The summed E-state index contributed by atoms with van der Waals surface area (Å²) >= 11 is 6.21. The standard InChI is InChI=1S/C16H17ClFNO/c1-3-19-10-13-14(17)5-4-6-16(13)20-12-7-8-15(18)11(2)9-12/h4-9,19H,3,10H2,1-2H3. The Bertz CT molecular complexity index is 601. The van der Waals surface area contributed by atoms with E-state index in [1.807, 2.05) is 25.1 Å². The molecule has 0 aromatic heterocycles. The van der Waals surface area contributed by atoms with Crippen molar-refractivity contribution in [3.05, 3.63) is 58.4 Å². The van der Waals surface area contributed by atoms with Gasteiger partial charge in [-0.3, -0.25) is 0 Å². The lowest BCUT2D eigenvalue weighted by Crippen LogP contribution is -2.12. The monoisotopic (exact) mass is 293 g/mol. The normalized spacial score (nSPS) is 10.6. The van der Waals surface area contributed by atoms with Gasteiger partial charge < -0.3 is 10.1 Å². The van der Waals surface area contributed by atoms with Crippen molar-refractivity contribution in [1.29, 1.82) is 0 Å². The van der Waals surface area contributed by atoms with Crippen molar-refractivity contribution in [2.24, 2.45) is 0 Å². The molecule has 0 radical (unpaired) electrons. The number of rotatable bonds is 5. The van der Waals surface area contributed by atoms with Gasteiger partial charge in [-0.25, -0.2) is 4.39 Å². The van der Waals surface area contributed by atoms with Crippen molar-refractivity contribution in [2.45, 2.75) is 20.4 Å². The maximum Gasteiger partial charge on any atom is 0.133 e. The van der Waals surface area contributed by atoms with E-state index in [1.165, 1.54) is 6.07 Å². The molecule has 1 N–H and O–H groups in total. The molecule has 0 bridgehead atoms. The van der Waals surface area contributed by atoms with Gasteiger partial charge in [-0.05, 0) is 49.4 Å². The third kappa shape index (κ3) is 3.50. The molecule has 0 aliphatic heterocycles. The highest BCUT2D eigenvalue weighted by atomic mass is 35.5. The van der Waals surface area contributed by atoms with E-state index in [9.17, 15) is 4.39 Å². The lowest BCUT2D eigenvalue weighted by Gasteiger charge is -2.13. The van der Waals surface area contributed by atoms with E-state index < -0.39 is 0 Å². The molecule has 0 spiro atoms. The Balaban J connectivity index is 2.28. The van der Waals surface area contributed by atoms with Crippen molar-refractivity contribution < 1.29 is 9.13 Å². The Hall–Kier alpha value is -1.58. The summed E-state index contributed by atoms with van der Waals surface area (Å²) in [5.74, 6) is 1.05. The molecule has 4 heteroatoms. The van der Waals surface area contributed by atoms with E-state index in [-0.39, 0.29) is 5.82 Å². The molecular formula is C16H17ClFNO. The van der Waals surface area contributed by atoms with Gasteiger partial charge in [-0.2, -0.15) is 0 Å². The van der Waals surface area contributed by atoms with E-state index in [1.54, 1.807) is 19.1 Å². The summed E-state index contributed by atoms with van der Waals surface area (Å²) in [6, 6.07) is 10.2. The van der Waals surface area contributed by atoms with Crippen LogP contribution in [0.1, 0.15) is 18.1 Å². The van der Waals surface area contributed by atoms with Crippen LogP contribution < -0.4 is 10.1 Å². The van der Waals surface area contributed by atoms with Crippen LogP contribution in [0.3, 0.4) is 0 Å². The van der Waals surface area contributed by atoms with Gasteiger partial charge in [0.2, 0.25) is 0 Å². The van der Waals surface area contributed by atoms with Crippen molar-refractivity contribution in [1.82, 2.24) is 5.32 Å². The van der Waals surface area contributed by atoms with Gasteiger partial charge >= 0.3 is 0 Å². The first-order valence-electron chi connectivity index (χ1n) is 6.54. The number of aryl methyl sites for hydroxylation is 1. The summed E-state index contributed by atoms with van der Waals surface area (Å²) in [6.45, 7) is 5.21. The molecule has 2 rings (SSSR count). The largest absolute Gasteiger partial charge is 0.457 e. The van der Waals surface area contributed by atoms with Crippen LogP contribution in [0.25, 0.3) is 0 Å². The summed E-state index contributed by atoms with van der Waals surface area (Å²) in [5, 5.41) is 3.88. The Labute approximate surface area is 123 Å². The molecule has 0 fully saturated rings. The van der Waals surface area contributed by atoms with Crippen molar-refractivity contribution in [2.75, 3.05) is 6.54 Å². The SMILES string of the molecule is CCNCc1c(Cl)cccc1Oc1ccc(F)c(C)c1.